The van der Waals surface area contributed by atoms with E-state index in [2.05, 4.69) is 11.2 Å². The molecule has 0 aliphatic carbocycles. The second-order valence-electron chi connectivity index (χ2n) is 5.48. The molecule has 1 aromatic heterocycles. The first kappa shape index (κ1) is 13.1. The topological polar surface area (TPSA) is 62.3 Å². The number of benzene rings is 1. The summed E-state index contributed by atoms with van der Waals surface area (Å²) in [6.45, 7) is 4.40. The predicted molar refractivity (Wildman–Crippen MR) is 76.9 cm³/mol. The third-order valence-corrected chi connectivity index (χ3v) is 3.51. The van der Waals surface area contributed by atoms with Crippen molar-refractivity contribution >= 4 is 5.82 Å². The molecule has 0 radical (unpaired) electrons. The zero-order valence-corrected chi connectivity index (χ0v) is 12.0. The van der Waals surface area contributed by atoms with Crippen molar-refractivity contribution in [3.05, 3.63) is 35.9 Å². The standard InChI is InChI=1S/C15H19N3O2/c1-15(2)19-9-13(20-15)11-7-5-4-6-10(11)12-8-14(16)18(3)17-12/h4-8,13H,9,16H2,1-3H3. The van der Waals surface area contributed by atoms with Crippen LogP contribution in [0.2, 0.25) is 0 Å². The van der Waals surface area contributed by atoms with Gasteiger partial charge in [-0.05, 0) is 19.4 Å². The number of hydrogen-bond donors (Lipinski definition) is 1. The molecule has 3 rings (SSSR count). The van der Waals surface area contributed by atoms with Crippen molar-refractivity contribution in [2.24, 2.45) is 7.05 Å². The van der Waals surface area contributed by atoms with Gasteiger partial charge in [0.15, 0.2) is 5.79 Å². The molecule has 5 heteroatoms. The molecular formula is C15H19N3O2. The normalized spacial score (nSPS) is 21.2. The molecule has 106 valence electrons. The molecule has 1 unspecified atom stereocenters. The highest BCUT2D eigenvalue weighted by molar-refractivity contribution is 5.66. The van der Waals surface area contributed by atoms with Gasteiger partial charge in [0.25, 0.3) is 0 Å². The van der Waals surface area contributed by atoms with Crippen molar-refractivity contribution in [3.8, 4) is 11.3 Å². The maximum Gasteiger partial charge on any atom is 0.163 e. The molecule has 0 spiro atoms. The molecular weight excluding hydrogens is 254 g/mol. The predicted octanol–water partition coefficient (Wildman–Crippen LogP) is 2.49. The van der Waals surface area contributed by atoms with E-state index in [1.165, 1.54) is 0 Å². The van der Waals surface area contributed by atoms with E-state index >= 15 is 0 Å². The summed E-state index contributed by atoms with van der Waals surface area (Å²) in [5.41, 5.74) is 8.84. The fourth-order valence-electron chi connectivity index (χ4n) is 2.46. The molecule has 20 heavy (non-hydrogen) atoms. The fourth-order valence-corrected chi connectivity index (χ4v) is 2.46. The maximum absolute atomic E-state index is 5.95. The van der Waals surface area contributed by atoms with Crippen molar-refractivity contribution in [2.45, 2.75) is 25.7 Å². The van der Waals surface area contributed by atoms with Crippen molar-refractivity contribution in [1.29, 1.82) is 0 Å². The highest BCUT2D eigenvalue weighted by atomic mass is 16.7. The van der Waals surface area contributed by atoms with Crippen LogP contribution >= 0.6 is 0 Å². The second-order valence-corrected chi connectivity index (χ2v) is 5.48. The van der Waals surface area contributed by atoms with E-state index in [0.717, 1.165) is 16.8 Å². The molecule has 0 amide bonds. The summed E-state index contributed by atoms with van der Waals surface area (Å²) in [6, 6.07) is 9.95. The Morgan fingerprint density at radius 3 is 2.70 bits per heavy atom. The van der Waals surface area contributed by atoms with Gasteiger partial charge in [-0.15, -0.1) is 0 Å². The molecule has 1 atom stereocenters. The van der Waals surface area contributed by atoms with Crippen molar-refractivity contribution in [1.82, 2.24) is 9.78 Å². The van der Waals surface area contributed by atoms with Gasteiger partial charge in [0, 0.05) is 18.7 Å². The number of anilines is 1. The number of aryl methyl sites for hydroxylation is 1. The minimum atomic E-state index is -0.541. The Labute approximate surface area is 118 Å². The van der Waals surface area contributed by atoms with Gasteiger partial charge < -0.3 is 15.2 Å². The molecule has 1 fully saturated rings. The molecule has 1 aliphatic heterocycles. The molecule has 1 saturated heterocycles. The summed E-state index contributed by atoms with van der Waals surface area (Å²) < 4.78 is 13.3. The monoisotopic (exact) mass is 273 g/mol. The SMILES string of the molecule is Cn1nc(-c2ccccc2C2COC(C)(C)O2)cc1N. The van der Waals surface area contributed by atoms with Crippen LogP contribution in [-0.2, 0) is 16.5 Å². The van der Waals surface area contributed by atoms with E-state index in [4.69, 9.17) is 15.2 Å². The van der Waals surface area contributed by atoms with Gasteiger partial charge >= 0.3 is 0 Å². The molecule has 1 aromatic carbocycles. The number of aromatic nitrogens is 2. The Balaban J connectivity index is 2.01. The minimum Gasteiger partial charge on any atom is -0.384 e. The third-order valence-electron chi connectivity index (χ3n) is 3.51. The smallest absolute Gasteiger partial charge is 0.163 e. The summed E-state index contributed by atoms with van der Waals surface area (Å²) in [6.07, 6.45) is -0.0792. The third kappa shape index (κ3) is 2.30. The van der Waals surface area contributed by atoms with E-state index in [1.54, 1.807) is 4.68 Å². The summed E-state index contributed by atoms with van der Waals surface area (Å²) in [5, 5.41) is 4.44. The molecule has 2 aromatic rings. The number of ether oxygens (including phenoxy) is 2. The summed E-state index contributed by atoms with van der Waals surface area (Å²) in [5.74, 6) is 0.0970. The zero-order valence-electron chi connectivity index (χ0n) is 12.0. The first-order valence-corrected chi connectivity index (χ1v) is 6.67. The molecule has 2 heterocycles. The van der Waals surface area contributed by atoms with Gasteiger partial charge in [0.2, 0.25) is 0 Å². The van der Waals surface area contributed by atoms with Gasteiger partial charge in [-0.2, -0.15) is 5.10 Å². The van der Waals surface area contributed by atoms with Crippen LogP contribution in [0.5, 0.6) is 0 Å². The van der Waals surface area contributed by atoms with Crippen LogP contribution < -0.4 is 5.73 Å². The molecule has 1 aliphatic rings. The maximum atomic E-state index is 5.95. The lowest BCUT2D eigenvalue weighted by Crippen LogP contribution is -2.19. The Morgan fingerprint density at radius 2 is 2.10 bits per heavy atom. The molecule has 5 nitrogen and oxygen atoms in total. The number of nitrogens with two attached hydrogens (primary N) is 1. The van der Waals surface area contributed by atoms with Crippen molar-refractivity contribution < 1.29 is 9.47 Å². The Morgan fingerprint density at radius 1 is 1.35 bits per heavy atom. The lowest BCUT2D eigenvalue weighted by atomic mass is 10.0. The highest BCUT2D eigenvalue weighted by Gasteiger charge is 2.34. The highest BCUT2D eigenvalue weighted by Crippen LogP contribution is 2.37. The second kappa shape index (κ2) is 4.61. The van der Waals surface area contributed by atoms with Gasteiger partial charge in [0.05, 0.1) is 12.3 Å². The van der Waals surface area contributed by atoms with Gasteiger partial charge in [0.1, 0.15) is 11.9 Å². The van der Waals surface area contributed by atoms with Gasteiger partial charge in [-0.3, -0.25) is 4.68 Å². The van der Waals surface area contributed by atoms with E-state index in [0.29, 0.717) is 12.4 Å². The Bertz CT molecular complexity index is 614. The van der Waals surface area contributed by atoms with Crippen LogP contribution in [0.25, 0.3) is 11.3 Å². The number of nitrogen functional groups attached to an aromatic ring is 1. The summed E-state index contributed by atoms with van der Waals surface area (Å²) >= 11 is 0. The van der Waals surface area contributed by atoms with E-state index in [-0.39, 0.29) is 6.10 Å². The first-order valence-electron chi connectivity index (χ1n) is 6.67. The average Bonchev–Trinajstić information content (AvgIpc) is 2.93. The Hall–Kier alpha value is -1.85. The van der Waals surface area contributed by atoms with Crippen LogP contribution in [-0.4, -0.2) is 22.2 Å². The fraction of sp³-hybridized carbons (Fsp3) is 0.400. The van der Waals surface area contributed by atoms with Crippen LogP contribution in [0, 0.1) is 0 Å². The molecule has 0 bridgehead atoms. The van der Waals surface area contributed by atoms with Crippen molar-refractivity contribution in [2.75, 3.05) is 12.3 Å². The summed E-state index contributed by atoms with van der Waals surface area (Å²) in [4.78, 5) is 0. The lowest BCUT2D eigenvalue weighted by molar-refractivity contribution is -0.139. The molecule has 0 saturated carbocycles. The van der Waals surface area contributed by atoms with Crippen molar-refractivity contribution in [3.63, 3.8) is 0 Å². The van der Waals surface area contributed by atoms with Crippen LogP contribution in [0.4, 0.5) is 5.82 Å². The Kier molecular flexibility index (Phi) is 3.03. The number of hydrogen-bond acceptors (Lipinski definition) is 4. The lowest BCUT2D eigenvalue weighted by Gasteiger charge is -2.18. The minimum absolute atomic E-state index is 0.0792. The van der Waals surface area contributed by atoms with E-state index < -0.39 is 5.79 Å². The molecule has 2 N–H and O–H groups in total. The zero-order chi connectivity index (χ0) is 14.3. The number of rotatable bonds is 2. The average molecular weight is 273 g/mol. The first-order chi connectivity index (χ1) is 9.46. The van der Waals surface area contributed by atoms with Crippen LogP contribution in [0.15, 0.2) is 30.3 Å². The van der Waals surface area contributed by atoms with Crippen LogP contribution in [0.1, 0.15) is 25.5 Å². The van der Waals surface area contributed by atoms with Gasteiger partial charge in [-0.25, -0.2) is 0 Å². The summed E-state index contributed by atoms with van der Waals surface area (Å²) in [7, 11) is 1.83. The van der Waals surface area contributed by atoms with E-state index in [9.17, 15) is 0 Å². The largest absolute Gasteiger partial charge is 0.384 e. The quantitative estimate of drug-likeness (QED) is 0.913. The van der Waals surface area contributed by atoms with Gasteiger partial charge in [-0.1, -0.05) is 24.3 Å². The van der Waals surface area contributed by atoms with E-state index in [1.807, 2.05) is 45.2 Å². The number of nitrogens with zero attached hydrogens (tertiary/aromatic N) is 2. The van der Waals surface area contributed by atoms with Crippen LogP contribution in [0.3, 0.4) is 0 Å².